The molecule has 8 nitrogen and oxygen atoms in total. The Hall–Kier alpha value is -3.40. The number of hydrogen-bond acceptors (Lipinski definition) is 8. The standard InChI is InChI=1S/C24H26F2N6O2/c1-32(19-10-15-4-3-5-18(29-15)22(19)26)21-12-27-23(31-30-21)16-7-6-13(9-20(16)33)14-8-17(25)24(34-2)28-11-14/h6-9,11-12,15,18-19,22,29,33H,3-5,10H2,1-2H3/t15-,18+,19-,22+/m0/s1. The molecule has 2 aliphatic heterocycles. The Bertz CT molecular complexity index is 1180. The van der Waals surface area contributed by atoms with Crippen molar-refractivity contribution in [2.75, 3.05) is 19.1 Å². The first-order chi connectivity index (χ1) is 16.4. The molecule has 2 aromatic heterocycles. The molecule has 34 heavy (non-hydrogen) atoms. The van der Waals surface area contributed by atoms with Crippen LogP contribution in [0.25, 0.3) is 22.5 Å². The molecule has 2 bridgehead atoms. The maximum Gasteiger partial charge on any atom is 0.250 e. The zero-order valence-electron chi connectivity index (χ0n) is 18.9. The summed E-state index contributed by atoms with van der Waals surface area (Å²) in [4.78, 5) is 10.1. The van der Waals surface area contributed by atoms with E-state index in [0.717, 1.165) is 19.3 Å². The van der Waals surface area contributed by atoms with Gasteiger partial charge in [0, 0.05) is 30.9 Å². The van der Waals surface area contributed by atoms with E-state index in [9.17, 15) is 9.50 Å². The van der Waals surface area contributed by atoms with Gasteiger partial charge in [-0.05, 0) is 43.0 Å². The lowest BCUT2D eigenvalue weighted by Crippen LogP contribution is -2.61. The monoisotopic (exact) mass is 468 g/mol. The molecule has 0 radical (unpaired) electrons. The predicted octanol–water partition coefficient (Wildman–Crippen LogP) is 3.51. The van der Waals surface area contributed by atoms with Gasteiger partial charge < -0.3 is 20.1 Å². The van der Waals surface area contributed by atoms with Crippen LogP contribution in [0.4, 0.5) is 14.6 Å². The highest BCUT2D eigenvalue weighted by atomic mass is 19.1. The molecule has 0 aliphatic carbocycles. The number of nitrogens with zero attached hydrogens (tertiary/aromatic N) is 5. The minimum Gasteiger partial charge on any atom is -0.507 e. The van der Waals surface area contributed by atoms with Crippen molar-refractivity contribution >= 4 is 5.82 Å². The van der Waals surface area contributed by atoms with Crippen molar-refractivity contribution in [2.45, 2.75) is 50.0 Å². The summed E-state index contributed by atoms with van der Waals surface area (Å²) in [6, 6.07) is 6.04. The summed E-state index contributed by atoms with van der Waals surface area (Å²) in [5.41, 5.74) is 1.45. The Labute approximate surface area is 196 Å². The third-order valence-electron chi connectivity index (χ3n) is 6.78. The van der Waals surface area contributed by atoms with Gasteiger partial charge in [0.15, 0.2) is 17.5 Å². The summed E-state index contributed by atoms with van der Waals surface area (Å²) in [6.45, 7) is 0. The van der Waals surface area contributed by atoms with Crippen molar-refractivity contribution < 1.29 is 18.6 Å². The van der Waals surface area contributed by atoms with E-state index in [-0.39, 0.29) is 29.5 Å². The SMILES string of the molecule is COc1ncc(-c2ccc(-c3ncc(N(C)[C@H]4C[C@@H]5CCC[C@@H](N5)[C@H]4F)nn3)c(O)c2)cc1F. The number of halogens is 2. The summed E-state index contributed by atoms with van der Waals surface area (Å²) >= 11 is 0. The van der Waals surface area contributed by atoms with Crippen molar-refractivity contribution in [3.8, 4) is 34.1 Å². The lowest BCUT2D eigenvalue weighted by atomic mass is 9.82. The van der Waals surface area contributed by atoms with E-state index in [1.165, 1.54) is 25.4 Å². The van der Waals surface area contributed by atoms with E-state index in [1.807, 2.05) is 11.9 Å². The number of aromatic nitrogens is 4. The molecule has 2 aliphatic rings. The number of benzene rings is 1. The molecule has 10 heteroatoms. The molecule has 178 valence electrons. The van der Waals surface area contributed by atoms with Gasteiger partial charge in [-0.15, -0.1) is 10.2 Å². The van der Waals surface area contributed by atoms with Crippen molar-refractivity contribution in [1.82, 2.24) is 25.5 Å². The van der Waals surface area contributed by atoms with Gasteiger partial charge in [0.2, 0.25) is 5.88 Å². The fourth-order valence-electron chi connectivity index (χ4n) is 4.91. The quantitative estimate of drug-likeness (QED) is 0.587. The fourth-order valence-corrected chi connectivity index (χ4v) is 4.91. The van der Waals surface area contributed by atoms with Crippen LogP contribution in [-0.2, 0) is 0 Å². The lowest BCUT2D eigenvalue weighted by Gasteiger charge is -2.45. The van der Waals surface area contributed by atoms with Gasteiger partial charge in [-0.3, -0.25) is 0 Å². The zero-order chi connectivity index (χ0) is 23.8. The fraction of sp³-hybridized carbons (Fsp3) is 0.417. The molecule has 2 N–H and O–H groups in total. The highest BCUT2D eigenvalue weighted by molar-refractivity contribution is 5.72. The van der Waals surface area contributed by atoms with Crippen molar-refractivity contribution in [3.63, 3.8) is 0 Å². The summed E-state index contributed by atoms with van der Waals surface area (Å²) in [7, 11) is 3.16. The lowest BCUT2D eigenvalue weighted by molar-refractivity contribution is 0.107. The number of aromatic hydroxyl groups is 1. The molecule has 0 spiro atoms. The summed E-state index contributed by atoms with van der Waals surface area (Å²) in [5.74, 6) is -0.0530. The second kappa shape index (κ2) is 9.09. The molecule has 0 unspecified atom stereocenters. The number of piperidine rings is 2. The van der Waals surface area contributed by atoms with Crippen LogP contribution in [0.15, 0.2) is 36.7 Å². The number of pyridine rings is 1. The number of anilines is 1. The molecule has 3 aromatic rings. The van der Waals surface area contributed by atoms with E-state index >= 15 is 4.39 Å². The van der Waals surface area contributed by atoms with E-state index in [2.05, 4.69) is 25.5 Å². The van der Waals surface area contributed by atoms with Gasteiger partial charge in [0.25, 0.3) is 0 Å². The maximum atomic E-state index is 15.1. The van der Waals surface area contributed by atoms with E-state index in [1.54, 1.807) is 18.3 Å². The molecule has 2 saturated heterocycles. The average Bonchev–Trinajstić information content (AvgIpc) is 2.86. The normalized spacial score (nSPS) is 24.0. The number of phenols is 1. The molecule has 2 fully saturated rings. The zero-order valence-corrected chi connectivity index (χ0v) is 18.9. The Balaban J connectivity index is 1.34. The largest absolute Gasteiger partial charge is 0.507 e. The second-order valence-corrected chi connectivity index (χ2v) is 8.85. The van der Waals surface area contributed by atoms with Gasteiger partial charge in [0.05, 0.1) is 24.9 Å². The molecule has 0 saturated carbocycles. The first kappa shape index (κ1) is 22.4. The first-order valence-corrected chi connectivity index (χ1v) is 11.3. The molecular weight excluding hydrogens is 442 g/mol. The third kappa shape index (κ3) is 4.13. The van der Waals surface area contributed by atoms with Crippen LogP contribution in [0, 0.1) is 5.82 Å². The highest BCUT2D eigenvalue weighted by Crippen LogP contribution is 2.34. The van der Waals surface area contributed by atoms with Gasteiger partial charge >= 0.3 is 0 Å². The van der Waals surface area contributed by atoms with E-state index < -0.39 is 12.0 Å². The predicted molar refractivity (Wildman–Crippen MR) is 123 cm³/mol. The van der Waals surface area contributed by atoms with Crippen LogP contribution in [0.1, 0.15) is 25.7 Å². The van der Waals surface area contributed by atoms with Gasteiger partial charge in [-0.1, -0.05) is 12.5 Å². The van der Waals surface area contributed by atoms with Crippen LogP contribution in [0.2, 0.25) is 0 Å². The summed E-state index contributed by atoms with van der Waals surface area (Å²) < 4.78 is 33.9. The molecule has 4 heterocycles. The number of hydrogen-bond donors (Lipinski definition) is 2. The third-order valence-corrected chi connectivity index (χ3v) is 6.78. The van der Waals surface area contributed by atoms with Crippen LogP contribution in [-0.4, -0.2) is 63.7 Å². The van der Waals surface area contributed by atoms with Gasteiger partial charge in [0.1, 0.15) is 11.9 Å². The second-order valence-electron chi connectivity index (χ2n) is 8.85. The number of phenolic OH excluding ortho intramolecular Hbond substituents is 1. The maximum absolute atomic E-state index is 15.1. The van der Waals surface area contributed by atoms with Crippen molar-refractivity contribution in [3.05, 3.63) is 42.5 Å². The molecule has 4 atom stereocenters. The van der Waals surface area contributed by atoms with Gasteiger partial charge in [-0.2, -0.15) is 0 Å². The number of rotatable bonds is 5. The number of methoxy groups -OCH3 is 1. The minimum atomic E-state index is -0.989. The van der Waals surface area contributed by atoms with Gasteiger partial charge in [-0.25, -0.2) is 18.7 Å². The first-order valence-electron chi connectivity index (χ1n) is 11.3. The number of nitrogens with one attached hydrogen (secondary N) is 1. The Morgan fingerprint density at radius 1 is 1.12 bits per heavy atom. The van der Waals surface area contributed by atoms with Crippen molar-refractivity contribution in [2.24, 2.45) is 0 Å². The van der Waals surface area contributed by atoms with Crippen molar-refractivity contribution in [1.29, 1.82) is 0 Å². The number of alkyl halides is 1. The molecular formula is C24H26F2N6O2. The number of fused-ring (bicyclic) bond motifs is 2. The topological polar surface area (TPSA) is 96.3 Å². The number of ether oxygens (including phenoxy) is 1. The van der Waals surface area contributed by atoms with Crippen LogP contribution in [0.3, 0.4) is 0 Å². The molecule has 0 amide bonds. The van der Waals surface area contributed by atoms with Crippen LogP contribution in [0.5, 0.6) is 11.6 Å². The Morgan fingerprint density at radius 2 is 1.97 bits per heavy atom. The molecule has 5 rings (SSSR count). The van der Waals surface area contributed by atoms with Crippen LogP contribution < -0.4 is 15.0 Å². The summed E-state index contributed by atoms with van der Waals surface area (Å²) in [5, 5.41) is 22.4. The smallest absolute Gasteiger partial charge is 0.250 e. The average molecular weight is 469 g/mol. The summed E-state index contributed by atoms with van der Waals surface area (Å²) in [6.07, 6.45) is 5.69. The highest BCUT2D eigenvalue weighted by Gasteiger charge is 2.42. The molecule has 1 aromatic carbocycles. The Kier molecular flexibility index (Phi) is 5.99. The van der Waals surface area contributed by atoms with E-state index in [0.29, 0.717) is 35.0 Å². The van der Waals surface area contributed by atoms with Crippen LogP contribution >= 0.6 is 0 Å². The Morgan fingerprint density at radius 3 is 2.68 bits per heavy atom. The minimum absolute atomic E-state index is 0.0772. The van der Waals surface area contributed by atoms with E-state index in [4.69, 9.17) is 4.74 Å².